The number of carbonyl (C=O) groups is 3. The largest absolute Gasteiger partial charge is 0.493 e. The lowest BCUT2D eigenvalue weighted by Crippen LogP contribution is -2.47. The quantitative estimate of drug-likeness (QED) is 0.232. The van der Waals surface area contributed by atoms with Crippen LogP contribution in [0.3, 0.4) is 0 Å². The number of amides is 3. The number of benzene rings is 2. The van der Waals surface area contributed by atoms with E-state index in [1.165, 1.54) is 19.1 Å². The summed E-state index contributed by atoms with van der Waals surface area (Å²) in [5.41, 5.74) is 13.1. The number of nitrogens with two attached hydrogens (primary N) is 2. The van der Waals surface area contributed by atoms with Crippen LogP contribution in [0.15, 0.2) is 48.7 Å². The van der Waals surface area contributed by atoms with E-state index in [4.69, 9.17) is 20.9 Å². The van der Waals surface area contributed by atoms with Gasteiger partial charge in [0.15, 0.2) is 17.2 Å². The van der Waals surface area contributed by atoms with Crippen molar-refractivity contribution in [2.24, 2.45) is 5.73 Å². The third-order valence-electron chi connectivity index (χ3n) is 7.39. The molecule has 5 rings (SSSR count). The molecule has 2 aromatic carbocycles. The van der Waals surface area contributed by atoms with Gasteiger partial charge in [-0.15, -0.1) is 0 Å². The first-order chi connectivity index (χ1) is 19.8. The molecule has 214 valence electrons. The Morgan fingerprint density at radius 3 is 2.49 bits per heavy atom. The van der Waals surface area contributed by atoms with Crippen LogP contribution in [0.5, 0.6) is 11.5 Å². The number of nitrogens with one attached hydrogen (secondary N) is 2. The molecule has 1 fully saturated rings. The molecule has 0 aliphatic heterocycles. The number of anilines is 2. The molecule has 1 saturated carbocycles. The van der Waals surface area contributed by atoms with Gasteiger partial charge in [0.05, 0.1) is 19.9 Å². The molecule has 0 bridgehead atoms. The number of hydrogen-bond donors (Lipinski definition) is 4. The molecule has 2 heterocycles. The van der Waals surface area contributed by atoms with Gasteiger partial charge in [-0.25, -0.2) is 0 Å². The van der Waals surface area contributed by atoms with E-state index in [2.05, 4.69) is 14.7 Å². The highest BCUT2D eigenvalue weighted by atomic mass is 32.1. The van der Waals surface area contributed by atoms with E-state index in [1.54, 1.807) is 24.4 Å². The maximum atomic E-state index is 14.4. The minimum absolute atomic E-state index is 0.0103. The van der Waals surface area contributed by atoms with E-state index in [0.717, 1.165) is 54.5 Å². The minimum atomic E-state index is -1.11. The summed E-state index contributed by atoms with van der Waals surface area (Å²) in [5, 5.41) is 3.98. The number of ether oxygens (including phenoxy) is 2. The number of fused-ring (bicyclic) bond motifs is 1. The Labute approximate surface area is 241 Å². The van der Waals surface area contributed by atoms with Gasteiger partial charge in [0.25, 0.3) is 11.8 Å². The molecular formula is C29H32N6O5S. The Bertz CT molecular complexity index is 1590. The molecule has 0 radical (unpaired) electrons. The fourth-order valence-electron chi connectivity index (χ4n) is 5.34. The fraction of sp³-hybridized carbons (Fsp3) is 0.310. The van der Waals surface area contributed by atoms with Crippen LogP contribution in [0.2, 0.25) is 0 Å². The molecule has 11 nitrogen and oxygen atoms in total. The van der Waals surface area contributed by atoms with E-state index < -0.39 is 17.9 Å². The summed E-state index contributed by atoms with van der Waals surface area (Å²) in [6.45, 7) is 0. The van der Waals surface area contributed by atoms with Crippen LogP contribution in [-0.2, 0) is 4.79 Å². The Morgan fingerprint density at radius 1 is 1.07 bits per heavy atom. The number of methoxy groups -OCH3 is 2. The predicted molar refractivity (Wildman–Crippen MR) is 157 cm³/mol. The third kappa shape index (κ3) is 5.42. The van der Waals surface area contributed by atoms with Gasteiger partial charge in [-0.1, -0.05) is 37.5 Å². The van der Waals surface area contributed by atoms with Crippen molar-refractivity contribution in [2.75, 3.05) is 24.9 Å². The zero-order valence-electron chi connectivity index (χ0n) is 22.8. The third-order valence-corrected chi connectivity index (χ3v) is 8.24. The van der Waals surface area contributed by atoms with Gasteiger partial charge in [0, 0.05) is 40.5 Å². The first kappa shape index (κ1) is 28.0. The highest BCUT2D eigenvalue weighted by Gasteiger charge is 2.38. The van der Waals surface area contributed by atoms with E-state index in [-0.39, 0.29) is 28.2 Å². The van der Waals surface area contributed by atoms with Crippen LogP contribution in [0.25, 0.3) is 10.9 Å². The maximum Gasteiger partial charge on any atom is 0.273 e. The summed E-state index contributed by atoms with van der Waals surface area (Å²) in [4.78, 5) is 45.2. The number of carbonyl (C=O) groups excluding carboxylic acids is 3. The Hall–Kier alpha value is -4.58. The second-order valence-corrected chi connectivity index (χ2v) is 10.7. The fourth-order valence-corrected chi connectivity index (χ4v) is 6.08. The van der Waals surface area contributed by atoms with Gasteiger partial charge in [-0.05, 0) is 42.6 Å². The number of nitrogen functional groups attached to an aromatic ring is 1. The molecule has 41 heavy (non-hydrogen) atoms. The number of para-hydroxylation sites is 1. The average molecular weight is 577 g/mol. The molecule has 1 aliphatic rings. The van der Waals surface area contributed by atoms with Crippen LogP contribution in [0, 0.1) is 0 Å². The smallest absolute Gasteiger partial charge is 0.273 e. The second kappa shape index (κ2) is 11.9. The van der Waals surface area contributed by atoms with Crippen molar-refractivity contribution >= 4 is 51.5 Å². The molecule has 0 saturated heterocycles. The summed E-state index contributed by atoms with van der Waals surface area (Å²) in [6.07, 6.45) is 6.63. The van der Waals surface area contributed by atoms with Crippen LogP contribution < -0.4 is 31.2 Å². The van der Waals surface area contributed by atoms with E-state index >= 15 is 0 Å². The van der Waals surface area contributed by atoms with Gasteiger partial charge < -0.3 is 31.2 Å². The molecule has 1 aliphatic carbocycles. The van der Waals surface area contributed by atoms with Crippen molar-refractivity contribution in [3.63, 3.8) is 0 Å². The molecule has 1 unspecified atom stereocenters. The Balaban J connectivity index is 1.71. The molecule has 3 amide bonds. The summed E-state index contributed by atoms with van der Waals surface area (Å²) in [6, 6.07) is 11.4. The number of nitrogens with zero attached hydrogens (tertiary/aromatic N) is 2. The van der Waals surface area contributed by atoms with Crippen molar-refractivity contribution in [1.29, 1.82) is 0 Å². The maximum absolute atomic E-state index is 14.4. The normalized spacial score (nSPS) is 14.4. The number of H-pyrrole nitrogens is 1. The van der Waals surface area contributed by atoms with Crippen molar-refractivity contribution in [2.45, 2.75) is 44.2 Å². The zero-order chi connectivity index (χ0) is 29.1. The number of hydrogen-bond acceptors (Lipinski definition) is 8. The van der Waals surface area contributed by atoms with E-state index in [9.17, 15) is 14.4 Å². The molecule has 0 spiro atoms. The van der Waals surface area contributed by atoms with Crippen LogP contribution in [0.1, 0.15) is 63.9 Å². The number of aromatic amines is 1. The predicted octanol–water partition coefficient (Wildman–Crippen LogP) is 4.16. The van der Waals surface area contributed by atoms with Crippen molar-refractivity contribution in [3.8, 4) is 11.5 Å². The lowest BCUT2D eigenvalue weighted by molar-refractivity contribution is -0.123. The van der Waals surface area contributed by atoms with Crippen LogP contribution in [-0.4, -0.2) is 47.3 Å². The molecule has 2 aromatic heterocycles. The van der Waals surface area contributed by atoms with Gasteiger partial charge in [-0.3, -0.25) is 19.3 Å². The summed E-state index contributed by atoms with van der Waals surface area (Å²) < 4.78 is 15.0. The van der Waals surface area contributed by atoms with Crippen molar-refractivity contribution in [1.82, 2.24) is 14.7 Å². The van der Waals surface area contributed by atoms with Crippen molar-refractivity contribution < 1.29 is 23.9 Å². The number of rotatable bonds is 9. The van der Waals surface area contributed by atoms with E-state index in [0.29, 0.717) is 22.7 Å². The lowest BCUT2D eigenvalue weighted by atomic mass is 9.94. The first-order valence-corrected chi connectivity index (χ1v) is 14.1. The van der Waals surface area contributed by atoms with Crippen LogP contribution in [0.4, 0.5) is 11.4 Å². The van der Waals surface area contributed by atoms with Gasteiger partial charge in [-0.2, -0.15) is 4.37 Å². The Morgan fingerprint density at radius 2 is 1.80 bits per heavy atom. The number of primary amides is 1. The first-order valence-electron chi connectivity index (χ1n) is 13.3. The molecular weight excluding hydrogens is 544 g/mol. The highest BCUT2D eigenvalue weighted by Crippen LogP contribution is 2.39. The average Bonchev–Trinajstić information content (AvgIpc) is 3.59. The summed E-state index contributed by atoms with van der Waals surface area (Å²) in [7, 11) is 3.00. The standard InChI is InChI=1S/C29H32N6O5S/c1-39-21-13-12-17(14-22(21)40-2)35(29(38)26-23(30)24(27(31)36)34-41-26)25(28(37)33-16-8-4-3-5-9-16)19-15-32-20-11-7-6-10-18(19)20/h6-7,10-16,25,32H,3-5,8-9,30H2,1-2H3,(H2,31,36)(H,33,37). The highest BCUT2D eigenvalue weighted by molar-refractivity contribution is 7.09. The van der Waals surface area contributed by atoms with Gasteiger partial charge in [0.1, 0.15) is 10.9 Å². The number of aromatic nitrogens is 2. The molecule has 12 heteroatoms. The molecule has 1 atom stereocenters. The lowest BCUT2D eigenvalue weighted by Gasteiger charge is -2.33. The van der Waals surface area contributed by atoms with Gasteiger partial charge in [0.2, 0.25) is 5.91 Å². The van der Waals surface area contributed by atoms with E-state index in [1.807, 2.05) is 24.3 Å². The molecule has 6 N–H and O–H groups in total. The summed E-state index contributed by atoms with van der Waals surface area (Å²) >= 11 is 0.756. The Kier molecular flexibility index (Phi) is 8.11. The summed E-state index contributed by atoms with van der Waals surface area (Å²) in [5.74, 6) is -0.994. The van der Waals surface area contributed by atoms with Crippen molar-refractivity contribution in [3.05, 3.63) is 64.8 Å². The second-order valence-electron chi connectivity index (χ2n) is 9.89. The topological polar surface area (TPSA) is 166 Å². The monoisotopic (exact) mass is 576 g/mol. The van der Waals surface area contributed by atoms with Gasteiger partial charge >= 0.3 is 0 Å². The van der Waals surface area contributed by atoms with Crippen LogP contribution >= 0.6 is 11.5 Å². The molecule has 4 aromatic rings. The zero-order valence-corrected chi connectivity index (χ0v) is 23.6. The minimum Gasteiger partial charge on any atom is -0.493 e. The SMILES string of the molecule is COc1ccc(N(C(=O)c2snc(C(N)=O)c2N)C(C(=O)NC2CCCCC2)c2c[nH]c3ccccc23)cc1OC.